The summed E-state index contributed by atoms with van der Waals surface area (Å²) < 4.78 is 39.9. The van der Waals surface area contributed by atoms with Gasteiger partial charge >= 0.3 is 0 Å². The van der Waals surface area contributed by atoms with Crippen molar-refractivity contribution in [2.45, 2.75) is 72.6 Å². The molecule has 0 unspecified atom stereocenters. The number of hydrogen-bond donors (Lipinski definition) is 0. The summed E-state index contributed by atoms with van der Waals surface area (Å²) in [4.78, 5) is 24.0. The molecule has 12 aromatic rings. The van der Waals surface area contributed by atoms with Crippen molar-refractivity contribution in [3.63, 3.8) is 0 Å². The first-order valence-electron chi connectivity index (χ1n) is 24.5. The van der Waals surface area contributed by atoms with Gasteiger partial charge in [0.05, 0.1) is 39.2 Å². The first-order valence-corrected chi connectivity index (χ1v) is 23.0. The summed E-state index contributed by atoms with van der Waals surface area (Å²) in [6.45, 7) is 12.9. The third-order valence-electron chi connectivity index (χ3n) is 12.6. The average molecular weight is 1080 g/mol. The van der Waals surface area contributed by atoms with Gasteiger partial charge in [0, 0.05) is 63.7 Å². The van der Waals surface area contributed by atoms with Crippen molar-refractivity contribution in [2.75, 3.05) is 0 Å². The molecule has 0 atom stereocenters. The molecule has 343 valence electrons. The Balaban J connectivity index is 0.000000300. The van der Waals surface area contributed by atoms with Crippen LogP contribution < -0.4 is 0 Å². The Morgan fingerprint density at radius 3 is 2.13 bits per heavy atom. The smallest absolute Gasteiger partial charge is 0.228 e. The average Bonchev–Trinajstić information content (AvgIpc) is 4.06. The molecule has 8 nitrogen and oxygen atoms in total. The third kappa shape index (κ3) is 8.19. The van der Waals surface area contributed by atoms with E-state index in [2.05, 4.69) is 112 Å². The summed E-state index contributed by atoms with van der Waals surface area (Å²) >= 11 is 0. The molecule has 0 saturated heterocycles. The van der Waals surface area contributed by atoms with Crippen LogP contribution >= 0.6 is 0 Å². The molecule has 1 radical (unpaired) electrons. The maximum atomic E-state index is 8.25. The molecule has 12 rings (SSSR count). The normalized spacial score (nSPS) is 12.7. The summed E-state index contributed by atoms with van der Waals surface area (Å²) in [5.74, 6) is 1.58. The quantitative estimate of drug-likeness (QED) is 0.153. The van der Waals surface area contributed by atoms with Gasteiger partial charge in [-0.25, -0.2) is 4.98 Å². The molecule has 0 spiro atoms. The van der Waals surface area contributed by atoms with Crippen LogP contribution in [0.4, 0.5) is 0 Å². The largest absolute Gasteiger partial charge is 0.499 e. The first kappa shape index (κ1) is 41.8. The summed E-state index contributed by atoms with van der Waals surface area (Å²) in [6, 6.07) is 52.5. The van der Waals surface area contributed by atoms with Gasteiger partial charge in [-0.2, -0.15) is 0 Å². The van der Waals surface area contributed by atoms with Crippen LogP contribution in [0.2, 0.25) is 0 Å². The van der Waals surface area contributed by atoms with E-state index in [9.17, 15) is 0 Å². The fourth-order valence-corrected chi connectivity index (χ4v) is 9.14. The van der Waals surface area contributed by atoms with E-state index < -0.39 is 6.85 Å². The maximum absolute atomic E-state index is 8.25. The van der Waals surface area contributed by atoms with Gasteiger partial charge in [-0.1, -0.05) is 115 Å². The van der Waals surface area contributed by atoms with Gasteiger partial charge in [0.2, 0.25) is 5.71 Å². The van der Waals surface area contributed by atoms with Gasteiger partial charge in [0.15, 0.2) is 0 Å². The van der Waals surface area contributed by atoms with Gasteiger partial charge in [-0.15, -0.1) is 54.1 Å². The zero-order valence-corrected chi connectivity index (χ0v) is 41.7. The van der Waals surface area contributed by atoms with Crippen LogP contribution in [0, 0.1) is 19.0 Å². The molecule has 9 heteroatoms. The fourth-order valence-electron chi connectivity index (χ4n) is 9.14. The molecule has 69 heavy (non-hydrogen) atoms. The maximum Gasteiger partial charge on any atom is 0.228 e. The Labute approximate surface area is 419 Å². The summed E-state index contributed by atoms with van der Waals surface area (Å²) in [5.41, 5.74) is 13.4. The summed E-state index contributed by atoms with van der Waals surface area (Å²) in [6.07, 6.45) is 1.81. The van der Waals surface area contributed by atoms with E-state index in [1.807, 2.05) is 103 Å². The Kier molecular flexibility index (Phi) is 10.9. The van der Waals surface area contributed by atoms with Gasteiger partial charge in [-0.05, 0) is 88.8 Å². The molecule has 6 heterocycles. The topological polar surface area (TPSA) is 95.7 Å². The van der Waals surface area contributed by atoms with Crippen LogP contribution in [0.5, 0.6) is 0 Å². The zero-order chi connectivity index (χ0) is 49.3. The van der Waals surface area contributed by atoms with Crippen LogP contribution in [0.25, 0.3) is 106 Å². The second kappa shape index (κ2) is 18.0. The van der Waals surface area contributed by atoms with Crippen LogP contribution in [-0.2, 0) is 25.5 Å². The second-order valence-corrected chi connectivity index (χ2v) is 18.9. The van der Waals surface area contributed by atoms with Crippen LogP contribution in [0.15, 0.2) is 155 Å². The van der Waals surface area contributed by atoms with Gasteiger partial charge < -0.3 is 13.4 Å². The number of imidazole rings is 1. The molecule has 6 aromatic carbocycles. The number of aryl methyl sites for hydroxylation is 1. The number of benzene rings is 6. The molecule has 0 aliphatic rings. The number of pyridine rings is 2. The van der Waals surface area contributed by atoms with E-state index in [0.717, 1.165) is 77.7 Å². The van der Waals surface area contributed by atoms with Crippen molar-refractivity contribution >= 4 is 66.1 Å². The second-order valence-electron chi connectivity index (χ2n) is 18.9. The molecular formula is C60H50IrN6O2-2. The van der Waals surface area contributed by atoms with Crippen molar-refractivity contribution < 1.29 is 33.1 Å². The summed E-state index contributed by atoms with van der Waals surface area (Å²) in [7, 11) is 0. The number of hydrogen-bond acceptors (Lipinski definition) is 7. The molecule has 0 amide bonds. The van der Waals surface area contributed by atoms with Gasteiger partial charge in [0.25, 0.3) is 0 Å². The fraction of sp³-hybridized carbons (Fsp3) is 0.183. The van der Waals surface area contributed by atoms with Crippen molar-refractivity contribution in [2.24, 2.45) is 0 Å². The number of rotatable bonds is 6. The van der Waals surface area contributed by atoms with Crippen LogP contribution in [0.1, 0.15) is 86.9 Å². The Morgan fingerprint density at radius 2 is 1.39 bits per heavy atom. The zero-order valence-electron chi connectivity index (χ0n) is 42.3. The number of fused-ring (bicyclic) bond motifs is 9. The van der Waals surface area contributed by atoms with Crippen molar-refractivity contribution in [3.8, 4) is 39.6 Å². The molecule has 0 N–H and O–H groups in total. The standard InChI is InChI=1S/C46H35N4O2.C14H15N2.Ir/c1-25(2)34-22-30(28-12-7-6-8-13-28)23-35(26(3)4)42(34)50-43-37(21-20-29-19-18-27(5)47-40(29)43)48-45(50)33-16-11-15-32-41-39(51-44(32)33)24-36-31-14-9-10-17-38(31)52-46(36)49-41;1-14(2,3)12-9-10-15-13(16-12)11-7-5-4-6-8-11;/h6-15,17-26H,1-5H3;4-7,9-10H,1-3H3;/q2*-1;/i5D3;;. The molecule has 6 aromatic heterocycles. The molecule has 0 saturated carbocycles. The van der Waals surface area contributed by atoms with Gasteiger partial charge in [0.1, 0.15) is 16.7 Å². The minimum absolute atomic E-state index is 0. The minimum Gasteiger partial charge on any atom is -0.499 e. The number of para-hydroxylation sites is 1. The SMILES string of the molecule is CC(C)(C)c1ccnc(-c2[c-]cccc2)n1.[2H]C([2H])([2H])c1ccc2ccc3nc(-c4[c-]ccc5c4oc4cc6c(nc45)oc4ccccc46)n(-c4c(C(C)C)cc(-c5ccccc5)cc4C(C)C)c3c2n1.[Ir]. The molecule has 0 aliphatic heterocycles. The minimum atomic E-state index is -2.39. The van der Waals surface area contributed by atoms with E-state index in [1.54, 1.807) is 6.07 Å². The Hall–Kier alpha value is -7.32. The van der Waals surface area contributed by atoms with Gasteiger partial charge in [-0.3, -0.25) is 19.9 Å². The van der Waals surface area contributed by atoms with E-state index in [0.29, 0.717) is 44.8 Å². The van der Waals surface area contributed by atoms with Crippen molar-refractivity contribution in [1.29, 1.82) is 0 Å². The molecule has 0 fully saturated rings. The number of aromatic nitrogens is 6. The Bertz CT molecular complexity index is 3960. The predicted molar refractivity (Wildman–Crippen MR) is 276 cm³/mol. The molecular weight excluding hydrogens is 1030 g/mol. The van der Waals surface area contributed by atoms with Crippen molar-refractivity contribution in [3.05, 3.63) is 180 Å². The molecule has 0 bridgehead atoms. The van der Waals surface area contributed by atoms with Crippen LogP contribution in [-0.4, -0.2) is 29.5 Å². The molecule has 0 aliphatic carbocycles. The predicted octanol–water partition coefficient (Wildman–Crippen LogP) is 15.7. The van der Waals surface area contributed by atoms with Crippen LogP contribution in [0.3, 0.4) is 0 Å². The first-order chi connectivity index (χ1) is 34.1. The Morgan fingerprint density at radius 1 is 0.638 bits per heavy atom. The van der Waals surface area contributed by atoms with E-state index in [4.69, 9.17) is 27.9 Å². The van der Waals surface area contributed by atoms with Crippen molar-refractivity contribution in [1.82, 2.24) is 29.5 Å². The number of nitrogens with zero attached hydrogens (tertiary/aromatic N) is 6. The number of furan rings is 2. The van der Waals surface area contributed by atoms with E-state index in [1.165, 1.54) is 0 Å². The monoisotopic (exact) mass is 1080 g/mol. The summed E-state index contributed by atoms with van der Waals surface area (Å²) in [5, 5.41) is 3.48. The van der Waals surface area contributed by atoms with E-state index >= 15 is 0 Å². The van der Waals surface area contributed by atoms with E-state index in [-0.39, 0.29) is 43.1 Å². The third-order valence-corrected chi connectivity index (χ3v) is 12.6.